The molecule has 120 valence electrons. The molecule has 5 rings (SSSR count). The summed E-state index contributed by atoms with van der Waals surface area (Å²) >= 11 is 0. The minimum atomic E-state index is 0.995. The van der Waals surface area contributed by atoms with Gasteiger partial charge in [0.1, 0.15) is 0 Å². The maximum absolute atomic E-state index is 6.42. The van der Waals surface area contributed by atoms with E-state index in [2.05, 4.69) is 83.8 Å². The van der Waals surface area contributed by atoms with Gasteiger partial charge in [0.05, 0.1) is 28.4 Å². The SMILES string of the molecule is NN1c2ccccc2N(c2cccc3ccccc23)c2ccccc21. The molecule has 0 saturated heterocycles. The quantitative estimate of drug-likeness (QED) is 0.460. The number of para-hydroxylation sites is 4. The van der Waals surface area contributed by atoms with E-state index < -0.39 is 0 Å². The summed E-state index contributed by atoms with van der Waals surface area (Å²) in [5, 5.41) is 4.22. The molecule has 0 fully saturated rings. The van der Waals surface area contributed by atoms with Crippen LogP contribution in [0.1, 0.15) is 0 Å². The molecule has 0 unspecified atom stereocenters. The van der Waals surface area contributed by atoms with Crippen molar-refractivity contribution in [1.82, 2.24) is 0 Å². The second-order valence-corrected chi connectivity index (χ2v) is 6.18. The fourth-order valence-electron chi connectivity index (χ4n) is 3.64. The van der Waals surface area contributed by atoms with Gasteiger partial charge in [-0.25, -0.2) is 5.84 Å². The Morgan fingerprint density at radius 1 is 0.480 bits per heavy atom. The number of nitrogens with two attached hydrogens (primary N) is 1. The number of hydrogen-bond donors (Lipinski definition) is 1. The third-order valence-corrected chi connectivity index (χ3v) is 4.77. The van der Waals surface area contributed by atoms with Crippen LogP contribution in [0, 0.1) is 0 Å². The summed E-state index contributed by atoms with van der Waals surface area (Å²) < 4.78 is 0. The highest BCUT2D eigenvalue weighted by molar-refractivity contribution is 6.04. The zero-order valence-corrected chi connectivity index (χ0v) is 13.6. The van der Waals surface area contributed by atoms with Crippen molar-refractivity contribution in [3.05, 3.63) is 91.0 Å². The van der Waals surface area contributed by atoms with E-state index in [1.165, 1.54) is 10.8 Å². The average Bonchev–Trinajstić information content (AvgIpc) is 2.68. The molecule has 1 aliphatic heterocycles. The van der Waals surface area contributed by atoms with E-state index >= 15 is 0 Å². The second-order valence-electron chi connectivity index (χ2n) is 6.18. The molecule has 1 heterocycles. The summed E-state index contributed by atoms with van der Waals surface area (Å²) in [6.45, 7) is 0. The number of benzene rings is 4. The van der Waals surface area contributed by atoms with Crippen LogP contribution in [-0.2, 0) is 0 Å². The Morgan fingerprint density at radius 3 is 1.64 bits per heavy atom. The number of hydrazine groups is 1. The Morgan fingerprint density at radius 2 is 0.960 bits per heavy atom. The maximum atomic E-state index is 6.42. The van der Waals surface area contributed by atoms with Gasteiger partial charge in [-0.1, -0.05) is 60.7 Å². The van der Waals surface area contributed by atoms with Gasteiger partial charge < -0.3 is 4.90 Å². The normalized spacial score (nSPS) is 12.8. The van der Waals surface area contributed by atoms with Gasteiger partial charge in [-0.2, -0.15) is 0 Å². The summed E-state index contributed by atoms with van der Waals surface area (Å²) in [6.07, 6.45) is 0. The van der Waals surface area contributed by atoms with Crippen LogP contribution in [0.4, 0.5) is 28.4 Å². The minimum Gasteiger partial charge on any atom is -0.306 e. The van der Waals surface area contributed by atoms with Crippen molar-refractivity contribution in [2.24, 2.45) is 5.84 Å². The molecule has 0 amide bonds. The summed E-state index contributed by atoms with van der Waals surface area (Å²) in [4.78, 5) is 2.30. The molecule has 0 aromatic heterocycles. The van der Waals surface area contributed by atoms with Crippen molar-refractivity contribution in [2.75, 3.05) is 9.91 Å². The van der Waals surface area contributed by atoms with Crippen LogP contribution in [0.5, 0.6) is 0 Å². The molecule has 2 N–H and O–H groups in total. The Hall–Kier alpha value is -3.30. The first kappa shape index (κ1) is 14.1. The number of hydrogen-bond acceptors (Lipinski definition) is 3. The predicted molar refractivity (Wildman–Crippen MR) is 105 cm³/mol. The van der Waals surface area contributed by atoms with Crippen molar-refractivity contribution < 1.29 is 0 Å². The van der Waals surface area contributed by atoms with Crippen LogP contribution in [0.15, 0.2) is 91.0 Å². The summed E-state index contributed by atoms with van der Waals surface area (Å²) in [5.41, 5.74) is 5.31. The van der Waals surface area contributed by atoms with Crippen LogP contribution in [0.25, 0.3) is 10.8 Å². The molecule has 0 atom stereocenters. The van der Waals surface area contributed by atoms with Gasteiger partial charge >= 0.3 is 0 Å². The van der Waals surface area contributed by atoms with Gasteiger partial charge in [0.2, 0.25) is 0 Å². The third kappa shape index (κ3) is 2.03. The van der Waals surface area contributed by atoms with Gasteiger partial charge in [-0.3, -0.25) is 5.01 Å². The topological polar surface area (TPSA) is 32.5 Å². The zero-order valence-electron chi connectivity index (χ0n) is 13.6. The fraction of sp³-hybridized carbons (Fsp3) is 0. The first-order valence-corrected chi connectivity index (χ1v) is 8.35. The summed E-state index contributed by atoms with van der Waals surface area (Å²) in [5.74, 6) is 6.42. The van der Waals surface area contributed by atoms with Gasteiger partial charge in [0.15, 0.2) is 0 Å². The smallest absolute Gasteiger partial charge is 0.0816 e. The molecule has 0 saturated carbocycles. The van der Waals surface area contributed by atoms with Crippen LogP contribution in [0.3, 0.4) is 0 Å². The Kier molecular flexibility index (Phi) is 3.02. The van der Waals surface area contributed by atoms with E-state index in [4.69, 9.17) is 5.84 Å². The lowest BCUT2D eigenvalue weighted by Gasteiger charge is -2.38. The largest absolute Gasteiger partial charge is 0.306 e. The highest BCUT2D eigenvalue weighted by atomic mass is 15.4. The van der Waals surface area contributed by atoms with Crippen LogP contribution in [-0.4, -0.2) is 0 Å². The van der Waals surface area contributed by atoms with Gasteiger partial charge in [-0.15, -0.1) is 0 Å². The fourth-order valence-corrected chi connectivity index (χ4v) is 3.64. The standard InChI is InChI=1S/C22H17N3/c23-25-21-13-5-3-11-19(21)24(20-12-4-6-14-22(20)25)18-15-7-9-16-8-1-2-10-17(16)18/h1-15H,23H2. The molecular weight excluding hydrogens is 306 g/mol. The minimum absolute atomic E-state index is 0.995. The monoisotopic (exact) mass is 323 g/mol. The molecule has 0 bridgehead atoms. The van der Waals surface area contributed by atoms with Crippen molar-refractivity contribution in [3.8, 4) is 0 Å². The highest BCUT2D eigenvalue weighted by Crippen LogP contribution is 2.50. The molecule has 3 heteroatoms. The van der Waals surface area contributed by atoms with E-state index in [1.54, 1.807) is 5.01 Å². The zero-order chi connectivity index (χ0) is 16.8. The van der Waals surface area contributed by atoms with Gasteiger partial charge in [-0.05, 0) is 35.7 Å². The summed E-state index contributed by atoms with van der Waals surface area (Å²) in [6, 6.07) is 31.4. The van der Waals surface area contributed by atoms with Crippen LogP contribution in [0.2, 0.25) is 0 Å². The first-order chi connectivity index (χ1) is 12.3. The van der Waals surface area contributed by atoms with Gasteiger partial charge in [0.25, 0.3) is 0 Å². The molecule has 0 radical (unpaired) electrons. The molecule has 0 spiro atoms. The van der Waals surface area contributed by atoms with Crippen molar-refractivity contribution in [2.45, 2.75) is 0 Å². The number of anilines is 5. The van der Waals surface area contributed by atoms with Gasteiger partial charge in [0, 0.05) is 5.39 Å². The van der Waals surface area contributed by atoms with Crippen LogP contribution < -0.4 is 15.8 Å². The average molecular weight is 323 g/mol. The lowest BCUT2D eigenvalue weighted by Crippen LogP contribution is -2.32. The molecule has 25 heavy (non-hydrogen) atoms. The van der Waals surface area contributed by atoms with Crippen molar-refractivity contribution >= 4 is 39.2 Å². The lowest BCUT2D eigenvalue weighted by atomic mass is 10.0. The van der Waals surface area contributed by atoms with Crippen molar-refractivity contribution in [1.29, 1.82) is 0 Å². The molecule has 4 aromatic rings. The Bertz CT molecular complexity index is 1030. The molecule has 4 aromatic carbocycles. The summed E-state index contributed by atoms with van der Waals surface area (Å²) in [7, 11) is 0. The van der Waals surface area contributed by atoms with E-state index in [0.29, 0.717) is 0 Å². The molecule has 3 nitrogen and oxygen atoms in total. The highest BCUT2D eigenvalue weighted by Gasteiger charge is 2.28. The van der Waals surface area contributed by atoms with E-state index in [-0.39, 0.29) is 0 Å². The number of rotatable bonds is 1. The van der Waals surface area contributed by atoms with E-state index in [0.717, 1.165) is 28.4 Å². The molecular formula is C22H17N3. The van der Waals surface area contributed by atoms with E-state index in [1.807, 2.05) is 12.1 Å². The third-order valence-electron chi connectivity index (χ3n) is 4.77. The lowest BCUT2D eigenvalue weighted by molar-refractivity contribution is 1.05. The number of nitrogens with zero attached hydrogens (tertiary/aromatic N) is 2. The van der Waals surface area contributed by atoms with Crippen LogP contribution >= 0.6 is 0 Å². The predicted octanol–water partition coefficient (Wildman–Crippen LogP) is 5.63. The molecule has 1 aliphatic rings. The Labute approximate surface area is 146 Å². The Balaban J connectivity index is 1.86. The first-order valence-electron chi connectivity index (χ1n) is 8.35. The maximum Gasteiger partial charge on any atom is 0.0816 e. The molecule has 0 aliphatic carbocycles. The number of fused-ring (bicyclic) bond motifs is 3. The van der Waals surface area contributed by atoms with E-state index in [9.17, 15) is 0 Å². The van der Waals surface area contributed by atoms with Crippen molar-refractivity contribution in [3.63, 3.8) is 0 Å². The second kappa shape index (κ2) is 5.36.